The Bertz CT molecular complexity index is 376. The van der Waals surface area contributed by atoms with Crippen LogP contribution in [0, 0.1) is 35.0 Å². The molecule has 5 atom stereocenters. The molecule has 3 nitrogen and oxygen atoms in total. The second-order valence-corrected chi connectivity index (χ2v) is 7.77. The molecule has 120 valence electrons. The van der Waals surface area contributed by atoms with E-state index in [0.717, 1.165) is 38.2 Å². The highest BCUT2D eigenvalue weighted by Gasteiger charge is 2.39. The summed E-state index contributed by atoms with van der Waals surface area (Å²) in [4.78, 5) is 0. The van der Waals surface area contributed by atoms with Crippen LogP contribution in [-0.2, 0) is 4.74 Å². The predicted octanol–water partition coefficient (Wildman–Crippen LogP) is 3.88. The first kappa shape index (κ1) is 16.8. The van der Waals surface area contributed by atoms with Crippen molar-refractivity contribution in [1.29, 1.82) is 5.26 Å². The Morgan fingerprint density at radius 1 is 1.33 bits per heavy atom. The summed E-state index contributed by atoms with van der Waals surface area (Å²) in [7, 11) is 0. The van der Waals surface area contributed by atoms with E-state index >= 15 is 0 Å². The van der Waals surface area contributed by atoms with Crippen molar-refractivity contribution < 1.29 is 4.74 Å². The fourth-order valence-corrected chi connectivity index (χ4v) is 4.32. The summed E-state index contributed by atoms with van der Waals surface area (Å²) < 4.78 is 6.26. The van der Waals surface area contributed by atoms with Crippen molar-refractivity contribution in [2.24, 2.45) is 29.4 Å². The highest BCUT2D eigenvalue weighted by molar-refractivity contribution is 5.11. The highest BCUT2D eigenvalue weighted by atomic mass is 16.5. The Morgan fingerprint density at radius 3 is 2.76 bits per heavy atom. The molecule has 2 fully saturated rings. The van der Waals surface area contributed by atoms with E-state index in [1.165, 1.54) is 19.3 Å². The van der Waals surface area contributed by atoms with Crippen molar-refractivity contribution in [1.82, 2.24) is 0 Å². The van der Waals surface area contributed by atoms with Gasteiger partial charge in [0, 0.05) is 6.61 Å². The van der Waals surface area contributed by atoms with Crippen molar-refractivity contribution in [2.45, 2.75) is 77.4 Å². The van der Waals surface area contributed by atoms with Gasteiger partial charge in [-0.2, -0.15) is 5.26 Å². The SMILES string of the molecule is CC1CCC(C(C)C)C(OCCC2CCCC2(N)C#N)C1. The molecule has 2 N–H and O–H groups in total. The first-order valence-corrected chi connectivity index (χ1v) is 8.78. The molecule has 0 radical (unpaired) electrons. The summed E-state index contributed by atoms with van der Waals surface area (Å²) in [6, 6.07) is 2.34. The maximum absolute atomic E-state index is 9.28. The van der Waals surface area contributed by atoms with Gasteiger partial charge in [0.15, 0.2) is 0 Å². The van der Waals surface area contributed by atoms with Crippen LogP contribution in [0.1, 0.15) is 65.7 Å². The summed E-state index contributed by atoms with van der Waals surface area (Å²) in [5, 5.41) is 9.28. The normalized spacial score (nSPS) is 40.4. The van der Waals surface area contributed by atoms with Crippen LogP contribution in [0.2, 0.25) is 0 Å². The van der Waals surface area contributed by atoms with Gasteiger partial charge < -0.3 is 10.5 Å². The van der Waals surface area contributed by atoms with E-state index in [0.29, 0.717) is 23.9 Å². The van der Waals surface area contributed by atoms with E-state index in [9.17, 15) is 5.26 Å². The second-order valence-electron chi connectivity index (χ2n) is 7.77. The minimum absolute atomic E-state index is 0.320. The molecular weight excluding hydrogens is 260 g/mol. The molecule has 5 unspecified atom stereocenters. The predicted molar refractivity (Wildman–Crippen MR) is 85.6 cm³/mol. The molecule has 21 heavy (non-hydrogen) atoms. The molecule has 3 heteroatoms. The van der Waals surface area contributed by atoms with Gasteiger partial charge in [0.25, 0.3) is 0 Å². The van der Waals surface area contributed by atoms with Crippen molar-refractivity contribution in [3.63, 3.8) is 0 Å². The van der Waals surface area contributed by atoms with Crippen molar-refractivity contribution in [2.75, 3.05) is 6.61 Å². The Hall–Kier alpha value is -0.590. The molecule has 2 aliphatic rings. The van der Waals surface area contributed by atoms with Gasteiger partial charge in [0.05, 0.1) is 12.2 Å². The molecule has 0 amide bonds. The third-order valence-electron chi connectivity index (χ3n) is 5.84. The number of nitriles is 1. The standard InChI is InChI=1S/C18H32N2O/c1-13(2)16-7-6-14(3)11-17(16)21-10-8-15-5-4-9-18(15,20)12-19/h13-17H,4-11,20H2,1-3H3. The summed E-state index contributed by atoms with van der Waals surface area (Å²) in [5.41, 5.74) is 5.61. The third-order valence-corrected chi connectivity index (χ3v) is 5.84. The number of ether oxygens (including phenoxy) is 1. The Morgan fingerprint density at radius 2 is 2.10 bits per heavy atom. The molecule has 0 aromatic rings. The van der Waals surface area contributed by atoms with Gasteiger partial charge in [-0.25, -0.2) is 0 Å². The van der Waals surface area contributed by atoms with Crippen LogP contribution in [0.3, 0.4) is 0 Å². The Kier molecular flexibility index (Phi) is 5.68. The monoisotopic (exact) mass is 292 g/mol. The quantitative estimate of drug-likeness (QED) is 0.836. The summed E-state index contributed by atoms with van der Waals surface area (Å²) in [5.74, 6) is 2.50. The molecule has 0 heterocycles. The van der Waals surface area contributed by atoms with Crippen LogP contribution in [0.5, 0.6) is 0 Å². The first-order chi connectivity index (χ1) is 9.96. The maximum Gasteiger partial charge on any atom is 0.107 e. The lowest BCUT2D eigenvalue weighted by Gasteiger charge is -2.37. The van der Waals surface area contributed by atoms with Gasteiger partial charge in [0.2, 0.25) is 0 Å². The smallest absolute Gasteiger partial charge is 0.107 e. The summed E-state index contributed by atoms with van der Waals surface area (Å²) in [6.45, 7) is 7.74. The van der Waals surface area contributed by atoms with Crippen molar-refractivity contribution in [3.05, 3.63) is 0 Å². The number of nitrogens with zero attached hydrogens (tertiary/aromatic N) is 1. The van der Waals surface area contributed by atoms with E-state index in [1.54, 1.807) is 0 Å². The zero-order valence-electron chi connectivity index (χ0n) is 14.0. The molecule has 0 saturated heterocycles. The molecule has 0 aromatic heterocycles. The molecule has 0 spiro atoms. The average Bonchev–Trinajstić information content (AvgIpc) is 2.81. The summed E-state index contributed by atoms with van der Waals surface area (Å²) in [6.07, 6.45) is 8.20. The lowest BCUT2D eigenvalue weighted by Crippen LogP contribution is -2.42. The van der Waals surface area contributed by atoms with E-state index in [1.807, 2.05) is 0 Å². The van der Waals surface area contributed by atoms with E-state index < -0.39 is 5.54 Å². The Labute approximate surface area is 130 Å². The van der Waals surface area contributed by atoms with Gasteiger partial charge in [-0.15, -0.1) is 0 Å². The topological polar surface area (TPSA) is 59.0 Å². The van der Waals surface area contributed by atoms with Gasteiger partial charge >= 0.3 is 0 Å². The maximum atomic E-state index is 9.28. The largest absolute Gasteiger partial charge is 0.378 e. The molecule has 0 aromatic carbocycles. The summed E-state index contributed by atoms with van der Waals surface area (Å²) >= 11 is 0. The average molecular weight is 292 g/mol. The number of hydrogen-bond acceptors (Lipinski definition) is 3. The van der Waals surface area contributed by atoms with Crippen LogP contribution in [0.15, 0.2) is 0 Å². The minimum atomic E-state index is -0.597. The molecule has 0 bridgehead atoms. The third kappa shape index (κ3) is 3.99. The van der Waals surface area contributed by atoms with Crippen LogP contribution in [0.4, 0.5) is 0 Å². The van der Waals surface area contributed by atoms with Gasteiger partial charge in [-0.1, -0.05) is 33.6 Å². The zero-order chi connectivity index (χ0) is 15.5. The van der Waals surface area contributed by atoms with Crippen LogP contribution < -0.4 is 5.73 Å². The highest BCUT2D eigenvalue weighted by Crippen LogP contribution is 2.38. The molecule has 0 aliphatic heterocycles. The number of hydrogen-bond donors (Lipinski definition) is 1. The van der Waals surface area contributed by atoms with Crippen LogP contribution in [0.25, 0.3) is 0 Å². The lowest BCUT2D eigenvalue weighted by molar-refractivity contribution is -0.0432. The molecule has 2 rings (SSSR count). The fourth-order valence-electron chi connectivity index (χ4n) is 4.32. The van der Waals surface area contributed by atoms with Gasteiger partial charge in [-0.3, -0.25) is 0 Å². The second kappa shape index (κ2) is 7.11. The van der Waals surface area contributed by atoms with Crippen LogP contribution in [-0.4, -0.2) is 18.2 Å². The fraction of sp³-hybridized carbons (Fsp3) is 0.944. The van der Waals surface area contributed by atoms with E-state index in [2.05, 4.69) is 26.8 Å². The van der Waals surface area contributed by atoms with Gasteiger partial charge in [-0.05, 0) is 55.8 Å². The minimum Gasteiger partial charge on any atom is -0.378 e. The zero-order valence-corrected chi connectivity index (χ0v) is 14.0. The number of nitrogens with two attached hydrogens (primary N) is 1. The van der Waals surface area contributed by atoms with E-state index in [4.69, 9.17) is 10.5 Å². The molecular formula is C18H32N2O. The number of rotatable bonds is 5. The molecule has 2 aliphatic carbocycles. The first-order valence-electron chi connectivity index (χ1n) is 8.78. The van der Waals surface area contributed by atoms with E-state index in [-0.39, 0.29) is 0 Å². The lowest BCUT2D eigenvalue weighted by atomic mass is 9.75. The van der Waals surface area contributed by atoms with Crippen molar-refractivity contribution >= 4 is 0 Å². The van der Waals surface area contributed by atoms with Crippen LogP contribution >= 0.6 is 0 Å². The Balaban J connectivity index is 1.82. The molecule has 2 saturated carbocycles. The van der Waals surface area contributed by atoms with Gasteiger partial charge in [0.1, 0.15) is 5.54 Å². The van der Waals surface area contributed by atoms with Crippen molar-refractivity contribution in [3.8, 4) is 6.07 Å².